The molecule has 2 rings (SSSR count). The molecule has 4 nitrogen and oxygen atoms in total. The van der Waals surface area contributed by atoms with Crippen LogP contribution in [0.3, 0.4) is 0 Å². The highest BCUT2D eigenvalue weighted by Crippen LogP contribution is 2.31. The number of rotatable bonds is 3. The molecule has 1 heterocycles. The Kier molecular flexibility index (Phi) is 4.30. The number of aromatic carboxylic acids is 1. The van der Waals surface area contributed by atoms with Crippen LogP contribution in [0.5, 0.6) is 0 Å². The summed E-state index contributed by atoms with van der Waals surface area (Å²) in [4.78, 5) is 20.5. The van der Waals surface area contributed by atoms with Gasteiger partial charge in [0.05, 0.1) is 5.56 Å². The fourth-order valence-corrected chi connectivity index (χ4v) is 2.89. The van der Waals surface area contributed by atoms with Gasteiger partial charge in [0.2, 0.25) is 0 Å². The Hall–Kier alpha value is -1.59. The van der Waals surface area contributed by atoms with Gasteiger partial charge in [-0.1, -0.05) is 11.6 Å². The molecule has 0 radical (unpaired) electrons. The van der Waals surface area contributed by atoms with E-state index in [1.165, 1.54) is 17.8 Å². The zero-order valence-corrected chi connectivity index (χ0v) is 12.8. The number of aromatic nitrogens is 2. The first-order chi connectivity index (χ1) is 9.38. The van der Waals surface area contributed by atoms with Crippen molar-refractivity contribution in [2.24, 2.45) is 0 Å². The van der Waals surface area contributed by atoms with Gasteiger partial charge in [0.25, 0.3) is 0 Å². The Morgan fingerprint density at radius 2 is 1.80 bits per heavy atom. The number of carboxylic acid groups (broad SMARTS) is 1. The summed E-state index contributed by atoms with van der Waals surface area (Å²) in [5, 5.41) is 10.2. The highest BCUT2D eigenvalue weighted by molar-refractivity contribution is 7.99. The Balaban J connectivity index is 2.44. The van der Waals surface area contributed by atoms with Crippen LogP contribution in [0, 0.1) is 20.8 Å². The second-order valence-electron chi connectivity index (χ2n) is 4.35. The molecular formula is C14H13ClN2O2S. The summed E-state index contributed by atoms with van der Waals surface area (Å²) in [5.41, 5.74) is 3.01. The van der Waals surface area contributed by atoms with E-state index in [1.54, 1.807) is 12.1 Å². The van der Waals surface area contributed by atoms with Crippen molar-refractivity contribution < 1.29 is 9.90 Å². The second-order valence-corrected chi connectivity index (χ2v) is 5.80. The molecule has 1 N–H and O–H groups in total. The molecule has 0 atom stereocenters. The second kappa shape index (κ2) is 5.81. The van der Waals surface area contributed by atoms with E-state index in [0.717, 1.165) is 17.0 Å². The van der Waals surface area contributed by atoms with Crippen molar-refractivity contribution in [3.8, 4) is 0 Å². The molecule has 1 aromatic heterocycles. The number of carboxylic acids is 1. The van der Waals surface area contributed by atoms with Crippen LogP contribution >= 0.6 is 23.4 Å². The molecule has 2 aromatic rings. The third-order valence-corrected chi connectivity index (χ3v) is 4.15. The minimum Gasteiger partial charge on any atom is -0.478 e. The van der Waals surface area contributed by atoms with Gasteiger partial charge in [0, 0.05) is 21.3 Å². The van der Waals surface area contributed by atoms with Crippen molar-refractivity contribution >= 4 is 29.3 Å². The van der Waals surface area contributed by atoms with Crippen molar-refractivity contribution in [3.05, 3.63) is 45.7 Å². The number of nitrogens with zero attached hydrogens (tertiary/aromatic N) is 2. The maximum absolute atomic E-state index is 11.2. The molecule has 0 amide bonds. The van der Waals surface area contributed by atoms with Gasteiger partial charge in [-0.25, -0.2) is 14.8 Å². The van der Waals surface area contributed by atoms with Crippen molar-refractivity contribution in [1.82, 2.24) is 9.97 Å². The summed E-state index contributed by atoms with van der Waals surface area (Å²) < 4.78 is 0. The van der Waals surface area contributed by atoms with E-state index in [9.17, 15) is 9.90 Å². The van der Waals surface area contributed by atoms with E-state index >= 15 is 0 Å². The molecule has 0 aliphatic rings. The molecule has 6 heteroatoms. The Morgan fingerprint density at radius 3 is 2.35 bits per heavy atom. The highest BCUT2D eigenvalue weighted by Gasteiger charge is 2.14. The predicted octanol–water partition coefficient (Wildman–Crippen LogP) is 3.90. The molecule has 20 heavy (non-hydrogen) atoms. The Labute approximate surface area is 126 Å². The monoisotopic (exact) mass is 308 g/mol. The SMILES string of the molecule is Cc1nc(Sc2cc(Cl)ccc2C(=O)O)nc(C)c1C. The van der Waals surface area contributed by atoms with Crippen LogP contribution in [0.25, 0.3) is 0 Å². The lowest BCUT2D eigenvalue weighted by Crippen LogP contribution is -2.01. The summed E-state index contributed by atoms with van der Waals surface area (Å²) in [6.07, 6.45) is 0. The third-order valence-electron chi connectivity index (χ3n) is 2.99. The first-order valence-electron chi connectivity index (χ1n) is 5.91. The van der Waals surface area contributed by atoms with E-state index in [1.807, 2.05) is 20.8 Å². The summed E-state index contributed by atoms with van der Waals surface area (Å²) in [7, 11) is 0. The molecule has 0 bridgehead atoms. The van der Waals surface area contributed by atoms with Crippen LogP contribution < -0.4 is 0 Å². The topological polar surface area (TPSA) is 63.1 Å². The lowest BCUT2D eigenvalue weighted by molar-refractivity contribution is 0.0693. The normalized spacial score (nSPS) is 10.6. The van der Waals surface area contributed by atoms with Gasteiger partial charge in [0.1, 0.15) is 0 Å². The zero-order chi connectivity index (χ0) is 14.9. The number of carbonyl (C=O) groups is 1. The van der Waals surface area contributed by atoms with Crippen LogP contribution in [0.15, 0.2) is 28.3 Å². The van der Waals surface area contributed by atoms with Crippen LogP contribution in [0.2, 0.25) is 5.02 Å². The van der Waals surface area contributed by atoms with Gasteiger partial charge in [-0.3, -0.25) is 0 Å². The van der Waals surface area contributed by atoms with Crippen molar-refractivity contribution in [3.63, 3.8) is 0 Å². The molecule has 0 aliphatic heterocycles. The van der Waals surface area contributed by atoms with Gasteiger partial charge in [0.15, 0.2) is 5.16 Å². The maximum atomic E-state index is 11.2. The molecule has 1 aromatic carbocycles. The molecule has 0 aliphatic carbocycles. The van der Waals surface area contributed by atoms with E-state index in [2.05, 4.69) is 9.97 Å². The number of aryl methyl sites for hydroxylation is 2. The minimum absolute atomic E-state index is 0.193. The Morgan fingerprint density at radius 1 is 1.20 bits per heavy atom. The van der Waals surface area contributed by atoms with Crippen molar-refractivity contribution in [1.29, 1.82) is 0 Å². The predicted molar refractivity (Wildman–Crippen MR) is 78.8 cm³/mol. The first-order valence-corrected chi connectivity index (χ1v) is 7.10. The third kappa shape index (κ3) is 3.11. The number of hydrogen-bond acceptors (Lipinski definition) is 4. The fraction of sp³-hybridized carbons (Fsp3) is 0.214. The quantitative estimate of drug-likeness (QED) is 0.871. The minimum atomic E-state index is -0.996. The van der Waals surface area contributed by atoms with Gasteiger partial charge < -0.3 is 5.11 Å². The molecular weight excluding hydrogens is 296 g/mol. The number of benzene rings is 1. The number of halogens is 1. The van der Waals surface area contributed by atoms with Crippen LogP contribution in [-0.2, 0) is 0 Å². The summed E-state index contributed by atoms with van der Waals surface area (Å²) in [6.45, 7) is 5.77. The molecule has 0 spiro atoms. The first kappa shape index (κ1) is 14.8. The van der Waals surface area contributed by atoms with E-state index < -0.39 is 5.97 Å². The lowest BCUT2D eigenvalue weighted by atomic mass is 10.2. The lowest BCUT2D eigenvalue weighted by Gasteiger charge is -2.08. The zero-order valence-electron chi connectivity index (χ0n) is 11.3. The van der Waals surface area contributed by atoms with Crippen LogP contribution in [-0.4, -0.2) is 21.0 Å². The van der Waals surface area contributed by atoms with Gasteiger partial charge in [-0.05, 0) is 56.3 Å². The standard InChI is InChI=1S/C14H13ClN2O2S/c1-7-8(2)16-14(17-9(7)3)20-12-6-10(15)4-5-11(12)13(18)19/h4-6H,1-3H3,(H,18,19). The van der Waals surface area contributed by atoms with Gasteiger partial charge in [-0.2, -0.15) is 0 Å². The summed E-state index contributed by atoms with van der Waals surface area (Å²) >= 11 is 7.13. The van der Waals surface area contributed by atoms with E-state index in [0.29, 0.717) is 15.1 Å². The molecule has 0 fully saturated rings. The van der Waals surface area contributed by atoms with E-state index in [-0.39, 0.29) is 5.56 Å². The molecule has 104 valence electrons. The average molecular weight is 309 g/mol. The number of hydrogen-bond donors (Lipinski definition) is 1. The summed E-state index contributed by atoms with van der Waals surface area (Å²) in [6, 6.07) is 4.66. The summed E-state index contributed by atoms with van der Waals surface area (Å²) in [5.74, 6) is -0.996. The molecule has 0 saturated carbocycles. The van der Waals surface area contributed by atoms with Gasteiger partial charge >= 0.3 is 5.97 Å². The maximum Gasteiger partial charge on any atom is 0.336 e. The van der Waals surface area contributed by atoms with Crippen LogP contribution in [0.1, 0.15) is 27.3 Å². The largest absolute Gasteiger partial charge is 0.478 e. The highest BCUT2D eigenvalue weighted by atomic mass is 35.5. The Bertz CT molecular complexity index is 666. The molecule has 0 saturated heterocycles. The average Bonchev–Trinajstić information content (AvgIpc) is 2.35. The van der Waals surface area contributed by atoms with E-state index in [4.69, 9.17) is 11.6 Å². The smallest absolute Gasteiger partial charge is 0.336 e. The van der Waals surface area contributed by atoms with Crippen molar-refractivity contribution in [2.75, 3.05) is 0 Å². The van der Waals surface area contributed by atoms with Gasteiger partial charge in [-0.15, -0.1) is 0 Å². The van der Waals surface area contributed by atoms with Crippen molar-refractivity contribution in [2.45, 2.75) is 30.8 Å². The van der Waals surface area contributed by atoms with Crippen LogP contribution in [0.4, 0.5) is 0 Å². The molecule has 0 unspecified atom stereocenters. The fourth-order valence-electron chi connectivity index (χ4n) is 1.64.